The first-order valence-corrected chi connectivity index (χ1v) is 6.04. The highest BCUT2D eigenvalue weighted by Gasteiger charge is 2.23. The number of aldehydes is 1. The molecule has 1 atom stereocenters. The maximum Gasteiger partial charge on any atom is 0.124 e. The number of hydrogen-bond acceptors (Lipinski definition) is 2. The molecule has 1 fully saturated rings. The van der Waals surface area contributed by atoms with E-state index in [-0.39, 0.29) is 0 Å². The fourth-order valence-electron chi connectivity index (χ4n) is 1.62. The molecule has 0 aliphatic carbocycles. The molecule has 0 bridgehead atoms. The molecular weight excluding hydrogens is 224 g/mol. The van der Waals surface area contributed by atoms with Crippen LogP contribution in [0, 0.1) is 0 Å². The van der Waals surface area contributed by atoms with E-state index < -0.39 is 0 Å². The zero-order valence-electron chi connectivity index (χ0n) is 10.2. The van der Waals surface area contributed by atoms with Crippen molar-refractivity contribution in [3.8, 4) is 0 Å². The second kappa shape index (κ2) is 6.72. The Morgan fingerprint density at radius 1 is 1.00 bits per heavy atom. The minimum atomic E-state index is 0.409. The van der Waals surface area contributed by atoms with Crippen LogP contribution in [-0.4, -0.2) is 12.9 Å². The van der Waals surface area contributed by atoms with E-state index in [0.717, 1.165) is 18.5 Å². The lowest BCUT2D eigenvalue weighted by Crippen LogP contribution is -1.82. The van der Waals surface area contributed by atoms with Gasteiger partial charge in [0.25, 0.3) is 0 Å². The van der Waals surface area contributed by atoms with Gasteiger partial charge in [-0.3, -0.25) is 0 Å². The molecule has 92 valence electrons. The molecule has 0 spiro atoms. The third kappa shape index (κ3) is 4.15. The predicted molar refractivity (Wildman–Crippen MR) is 71.3 cm³/mol. The smallest absolute Gasteiger partial charge is 0.124 e. The molecular formula is C16H16O2. The van der Waals surface area contributed by atoms with Crippen molar-refractivity contribution in [1.82, 2.24) is 0 Å². The van der Waals surface area contributed by atoms with Crippen molar-refractivity contribution in [3.63, 3.8) is 0 Å². The van der Waals surface area contributed by atoms with Crippen LogP contribution < -0.4 is 0 Å². The van der Waals surface area contributed by atoms with E-state index >= 15 is 0 Å². The van der Waals surface area contributed by atoms with E-state index in [1.165, 1.54) is 5.56 Å². The van der Waals surface area contributed by atoms with Gasteiger partial charge in [0.15, 0.2) is 0 Å². The van der Waals surface area contributed by atoms with Crippen LogP contribution in [0.2, 0.25) is 0 Å². The van der Waals surface area contributed by atoms with E-state index in [1.54, 1.807) is 0 Å². The molecule has 2 aromatic rings. The molecule has 1 aliphatic heterocycles. The van der Waals surface area contributed by atoms with E-state index in [2.05, 4.69) is 12.1 Å². The second-order valence-electron chi connectivity index (χ2n) is 4.09. The highest BCUT2D eigenvalue weighted by Crippen LogP contribution is 2.28. The van der Waals surface area contributed by atoms with Crippen LogP contribution in [-0.2, 0) is 16.0 Å². The fourth-order valence-corrected chi connectivity index (χ4v) is 1.62. The number of rotatable bonds is 3. The minimum absolute atomic E-state index is 0.409. The molecule has 0 aromatic heterocycles. The Kier molecular flexibility index (Phi) is 4.68. The normalized spacial score (nSPS) is 16.3. The fraction of sp³-hybridized carbons (Fsp3) is 0.188. The maximum atomic E-state index is 9.97. The third-order valence-corrected chi connectivity index (χ3v) is 2.67. The summed E-state index contributed by atoms with van der Waals surface area (Å²) in [6.45, 7) is 0.907. The van der Waals surface area contributed by atoms with E-state index in [4.69, 9.17) is 4.74 Å². The number of carbonyl (C=O) groups excluding carboxylic acids is 1. The summed E-state index contributed by atoms with van der Waals surface area (Å²) in [6, 6.07) is 20.0. The summed E-state index contributed by atoms with van der Waals surface area (Å²) >= 11 is 0. The Hall–Kier alpha value is -1.93. The van der Waals surface area contributed by atoms with E-state index in [1.807, 2.05) is 48.5 Å². The minimum Gasteiger partial charge on any atom is -0.368 e. The average molecular weight is 240 g/mol. The molecule has 1 heterocycles. The lowest BCUT2D eigenvalue weighted by molar-refractivity contribution is -0.107. The number of benzene rings is 2. The van der Waals surface area contributed by atoms with Gasteiger partial charge >= 0.3 is 0 Å². The first-order chi connectivity index (χ1) is 8.90. The molecule has 2 nitrogen and oxygen atoms in total. The zero-order valence-corrected chi connectivity index (χ0v) is 10.2. The Labute approximate surface area is 107 Å². The Bertz CT molecular complexity index is 461. The van der Waals surface area contributed by atoms with Crippen LogP contribution in [0.15, 0.2) is 60.7 Å². The van der Waals surface area contributed by atoms with Crippen molar-refractivity contribution in [1.29, 1.82) is 0 Å². The van der Waals surface area contributed by atoms with Gasteiger partial charge in [-0.25, -0.2) is 0 Å². The molecule has 0 amide bonds. The van der Waals surface area contributed by atoms with Crippen LogP contribution in [0.1, 0.15) is 17.2 Å². The van der Waals surface area contributed by atoms with Crippen molar-refractivity contribution in [2.45, 2.75) is 12.5 Å². The summed E-state index contributed by atoms with van der Waals surface area (Å²) in [5.74, 6) is 0. The van der Waals surface area contributed by atoms with Gasteiger partial charge in [-0.1, -0.05) is 60.7 Å². The molecule has 1 unspecified atom stereocenters. The molecule has 3 rings (SSSR count). The first kappa shape index (κ1) is 12.5. The number of ether oxygens (including phenoxy) is 1. The third-order valence-electron chi connectivity index (χ3n) is 2.67. The highest BCUT2D eigenvalue weighted by atomic mass is 16.6. The monoisotopic (exact) mass is 240 g/mol. The van der Waals surface area contributed by atoms with Crippen LogP contribution in [0.5, 0.6) is 0 Å². The lowest BCUT2D eigenvalue weighted by atomic mass is 10.2. The molecule has 2 aromatic carbocycles. The Morgan fingerprint density at radius 2 is 1.56 bits per heavy atom. The standard InChI is InChI=1S/2C8H8O/c1-2-4-7(5-3-1)8-6-9-8;9-7-6-8-4-2-1-3-5-8/h1-5,8H,6H2;1-5,7H,6H2. The lowest BCUT2D eigenvalue weighted by Gasteiger charge is -1.89. The zero-order chi connectivity index (χ0) is 12.6. The van der Waals surface area contributed by atoms with E-state index in [0.29, 0.717) is 12.5 Å². The quantitative estimate of drug-likeness (QED) is 0.609. The Morgan fingerprint density at radius 3 is 2.06 bits per heavy atom. The molecule has 18 heavy (non-hydrogen) atoms. The average Bonchev–Trinajstić information content (AvgIpc) is 3.27. The van der Waals surface area contributed by atoms with Gasteiger partial charge in [-0.05, 0) is 11.1 Å². The van der Waals surface area contributed by atoms with E-state index in [9.17, 15) is 4.79 Å². The topological polar surface area (TPSA) is 29.6 Å². The predicted octanol–water partition coefficient (Wildman–Crippen LogP) is 3.19. The van der Waals surface area contributed by atoms with Gasteiger partial charge in [0.05, 0.1) is 6.61 Å². The van der Waals surface area contributed by atoms with Crippen LogP contribution >= 0.6 is 0 Å². The van der Waals surface area contributed by atoms with Gasteiger partial charge in [0.2, 0.25) is 0 Å². The van der Waals surface area contributed by atoms with Crippen molar-refractivity contribution in [2.75, 3.05) is 6.61 Å². The molecule has 0 N–H and O–H groups in total. The first-order valence-electron chi connectivity index (χ1n) is 6.04. The summed E-state index contributed by atoms with van der Waals surface area (Å²) in [5.41, 5.74) is 2.38. The number of carbonyl (C=O) groups is 1. The van der Waals surface area contributed by atoms with Crippen molar-refractivity contribution < 1.29 is 9.53 Å². The van der Waals surface area contributed by atoms with Gasteiger partial charge in [0, 0.05) is 6.42 Å². The number of epoxide rings is 1. The second-order valence-corrected chi connectivity index (χ2v) is 4.09. The molecule has 0 radical (unpaired) electrons. The summed E-state index contributed by atoms with van der Waals surface area (Å²) in [4.78, 5) is 9.97. The molecule has 0 saturated carbocycles. The summed E-state index contributed by atoms with van der Waals surface area (Å²) in [7, 11) is 0. The van der Waals surface area contributed by atoms with Gasteiger partial charge in [-0.15, -0.1) is 0 Å². The van der Waals surface area contributed by atoms with Crippen molar-refractivity contribution in [2.24, 2.45) is 0 Å². The molecule has 2 heteroatoms. The maximum absolute atomic E-state index is 9.97. The van der Waals surface area contributed by atoms with Gasteiger partial charge < -0.3 is 9.53 Å². The van der Waals surface area contributed by atoms with Crippen LogP contribution in [0.25, 0.3) is 0 Å². The summed E-state index contributed by atoms with van der Waals surface area (Å²) < 4.78 is 5.09. The molecule has 1 aliphatic rings. The SMILES string of the molecule is O=CCc1ccccc1.c1ccc(C2CO2)cc1. The van der Waals surface area contributed by atoms with Gasteiger partial charge in [0.1, 0.15) is 12.4 Å². The Balaban J connectivity index is 0.000000134. The summed E-state index contributed by atoms with van der Waals surface area (Å²) in [6.07, 6.45) is 1.85. The van der Waals surface area contributed by atoms with Crippen molar-refractivity contribution in [3.05, 3.63) is 71.8 Å². The van der Waals surface area contributed by atoms with Crippen LogP contribution in [0.4, 0.5) is 0 Å². The summed E-state index contributed by atoms with van der Waals surface area (Å²) in [5, 5.41) is 0. The van der Waals surface area contributed by atoms with Gasteiger partial charge in [-0.2, -0.15) is 0 Å². The van der Waals surface area contributed by atoms with Crippen LogP contribution in [0.3, 0.4) is 0 Å². The largest absolute Gasteiger partial charge is 0.368 e. The highest BCUT2D eigenvalue weighted by molar-refractivity contribution is 5.54. The number of hydrogen-bond donors (Lipinski definition) is 0. The molecule has 1 saturated heterocycles. The van der Waals surface area contributed by atoms with Crippen molar-refractivity contribution >= 4 is 6.29 Å².